The van der Waals surface area contributed by atoms with Crippen molar-refractivity contribution >= 4 is 44.5 Å². The van der Waals surface area contributed by atoms with Crippen LogP contribution in [0.15, 0.2) is 59.7 Å². The summed E-state index contributed by atoms with van der Waals surface area (Å²) in [7, 11) is 5.95. The van der Waals surface area contributed by atoms with Crippen LogP contribution >= 0.6 is 11.3 Å². The zero-order valence-electron chi connectivity index (χ0n) is 20.3. The lowest BCUT2D eigenvalue weighted by Gasteiger charge is -2.17. The number of fused-ring (bicyclic) bond motifs is 1. The quantitative estimate of drug-likeness (QED) is 0.172. The molecule has 3 aromatic carbocycles. The first kappa shape index (κ1) is 25.4. The van der Waals surface area contributed by atoms with E-state index in [0.29, 0.717) is 39.2 Å². The van der Waals surface area contributed by atoms with Gasteiger partial charge in [-0.25, -0.2) is 4.98 Å². The highest BCUT2D eigenvalue weighted by Gasteiger charge is 2.25. The topological polar surface area (TPSA) is 126 Å². The molecule has 4 aromatic rings. The number of hydrogen-bond acceptors (Lipinski definition) is 10. The molecule has 0 unspecified atom stereocenters. The largest absolute Gasteiger partial charge is 0.497 e. The monoisotopic (exact) mass is 522 g/mol. The highest BCUT2D eigenvalue weighted by molar-refractivity contribution is 7.22. The van der Waals surface area contributed by atoms with Gasteiger partial charge in [-0.2, -0.15) is 10.1 Å². The number of nitrogens with zero attached hydrogens (tertiary/aromatic N) is 4. The van der Waals surface area contributed by atoms with Crippen LogP contribution in [0.2, 0.25) is 0 Å². The van der Waals surface area contributed by atoms with E-state index in [-0.39, 0.29) is 11.3 Å². The number of nitro benzene ring substituents is 1. The summed E-state index contributed by atoms with van der Waals surface area (Å²) >= 11 is 1.25. The summed E-state index contributed by atoms with van der Waals surface area (Å²) in [4.78, 5) is 28.8. The number of nitro groups is 1. The minimum Gasteiger partial charge on any atom is -0.497 e. The normalized spacial score (nSPS) is 10.9. The van der Waals surface area contributed by atoms with Gasteiger partial charge in [0.05, 0.1) is 49.8 Å². The number of hydrazone groups is 1. The predicted octanol–water partition coefficient (Wildman–Crippen LogP) is 4.92. The molecule has 0 spiro atoms. The molecule has 190 valence electrons. The van der Waals surface area contributed by atoms with E-state index >= 15 is 0 Å². The smallest absolute Gasteiger partial charge is 0.281 e. The molecule has 1 amide bonds. The molecule has 0 aliphatic rings. The molecule has 0 saturated carbocycles. The van der Waals surface area contributed by atoms with Crippen molar-refractivity contribution in [1.82, 2.24) is 4.98 Å². The Hall–Kier alpha value is -4.71. The lowest BCUT2D eigenvalue weighted by atomic mass is 10.1. The van der Waals surface area contributed by atoms with Crippen LogP contribution in [0.3, 0.4) is 0 Å². The molecule has 0 atom stereocenters. The van der Waals surface area contributed by atoms with Crippen molar-refractivity contribution in [1.29, 1.82) is 0 Å². The second kappa shape index (κ2) is 10.9. The van der Waals surface area contributed by atoms with Gasteiger partial charge in [0.2, 0.25) is 10.9 Å². The molecular formula is C25H22N4O7S. The molecule has 0 radical (unpaired) electrons. The van der Waals surface area contributed by atoms with Crippen LogP contribution in [0.1, 0.15) is 15.9 Å². The first-order valence-corrected chi connectivity index (χ1v) is 11.6. The van der Waals surface area contributed by atoms with Gasteiger partial charge in [0.15, 0.2) is 11.5 Å². The third kappa shape index (κ3) is 5.28. The summed E-state index contributed by atoms with van der Waals surface area (Å²) in [6.45, 7) is 0. The van der Waals surface area contributed by atoms with Gasteiger partial charge in [-0.3, -0.25) is 14.9 Å². The number of methoxy groups -OCH3 is 4. The van der Waals surface area contributed by atoms with Gasteiger partial charge in [0.25, 0.3) is 11.6 Å². The standard InChI is InChI=1S/C25H22N4O7S/c1-33-18-9-10-19-22(13-18)37-25(27-19)28(26-14-15-5-7-17(8-6-15)29(31)32)24(30)16-11-20(34-2)23(36-4)21(12-16)35-3/h5-14H,1-4H3/b26-14+. The number of hydrogen-bond donors (Lipinski definition) is 0. The Labute approximate surface area is 215 Å². The lowest BCUT2D eigenvalue weighted by Crippen LogP contribution is -2.25. The van der Waals surface area contributed by atoms with E-state index in [2.05, 4.69) is 10.1 Å². The average molecular weight is 523 g/mol. The third-order valence-corrected chi connectivity index (χ3v) is 6.29. The summed E-state index contributed by atoms with van der Waals surface area (Å²) in [5.74, 6) is 1.09. The number of rotatable bonds is 9. The molecule has 0 aliphatic heterocycles. The van der Waals surface area contributed by atoms with Crippen molar-refractivity contribution in [3.63, 3.8) is 0 Å². The molecule has 37 heavy (non-hydrogen) atoms. The molecule has 0 bridgehead atoms. The number of anilines is 1. The second-order valence-electron chi connectivity index (χ2n) is 7.45. The summed E-state index contributed by atoms with van der Waals surface area (Å²) in [6, 6.07) is 14.2. The van der Waals surface area contributed by atoms with E-state index in [9.17, 15) is 14.9 Å². The van der Waals surface area contributed by atoms with Crippen molar-refractivity contribution in [2.24, 2.45) is 5.10 Å². The summed E-state index contributed by atoms with van der Waals surface area (Å²) in [5, 5.41) is 16.8. The zero-order chi connectivity index (χ0) is 26.5. The molecular weight excluding hydrogens is 500 g/mol. The van der Waals surface area contributed by atoms with Crippen LogP contribution < -0.4 is 24.0 Å². The molecule has 0 fully saturated rings. The van der Waals surface area contributed by atoms with Crippen LogP contribution in [0, 0.1) is 10.1 Å². The SMILES string of the molecule is COc1ccc2nc(N(/N=C/c3ccc([N+](=O)[O-])cc3)C(=O)c3cc(OC)c(OC)c(OC)c3)sc2c1. The summed E-state index contributed by atoms with van der Waals surface area (Å²) in [5.41, 5.74) is 1.37. The first-order valence-electron chi connectivity index (χ1n) is 10.8. The van der Waals surface area contributed by atoms with Crippen molar-refractivity contribution in [2.75, 3.05) is 33.4 Å². The van der Waals surface area contributed by atoms with E-state index < -0.39 is 10.8 Å². The van der Waals surface area contributed by atoms with Crippen molar-refractivity contribution in [3.05, 3.63) is 75.8 Å². The Morgan fingerprint density at radius 3 is 2.22 bits per heavy atom. The van der Waals surface area contributed by atoms with Crippen molar-refractivity contribution < 1.29 is 28.7 Å². The number of aromatic nitrogens is 1. The minimum absolute atomic E-state index is 0.0531. The molecule has 11 nitrogen and oxygen atoms in total. The Morgan fingerprint density at radius 1 is 0.973 bits per heavy atom. The number of carbonyl (C=O) groups is 1. The molecule has 0 N–H and O–H groups in total. The number of benzene rings is 3. The van der Waals surface area contributed by atoms with E-state index in [1.165, 1.54) is 75.3 Å². The number of thiazole rings is 1. The van der Waals surface area contributed by atoms with Crippen LogP contribution in [-0.2, 0) is 0 Å². The van der Waals surface area contributed by atoms with Gasteiger partial charge in [-0.15, -0.1) is 0 Å². The summed E-state index contributed by atoms with van der Waals surface area (Å²) < 4.78 is 22.2. The van der Waals surface area contributed by atoms with E-state index in [1.807, 2.05) is 6.07 Å². The molecule has 0 aliphatic carbocycles. The number of carbonyl (C=O) groups excluding carboxylic acids is 1. The fourth-order valence-corrected chi connectivity index (χ4v) is 4.38. The predicted molar refractivity (Wildman–Crippen MR) is 140 cm³/mol. The summed E-state index contributed by atoms with van der Waals surface area (Å²) in [6.07, 6.45) is 1.42. The fourth-order valence-electron chi connectivity index (χ4n) is 3.43. The van der Waals surface area contributed by atoms with Gasteiger partial charge < -0.3 is 18.9 Å². The molecule has 1 heterocycles. The first-order chi connectivity index (χ1) is 17.9. The Bertz CT molecular complexity index is 1460. The molecule has 1 aromatic heterocycles. The van der Waals surface area contributed by atoms with Gasteiger partial charge >= 0.3 is 0 Å². The average Bonchev–Trinajstić information content (AvgIpc) is 3.35. The highest BCUT2D eigenvalue weighted by atomic mass is 32.1. The zero-order valence-corrected chi connectivity index (χ0v) is 21.1. The van der Waals surface area contributed by atoms with Crippen molar-refractivity contribution in [2.45, 2.75) is 0 Å². The maximum Gasteiger partial charge on any atom is 0.281 e. The Kier molecular flexibility index (Phi) is 7.49. The van der Waals surface area contributed by atoms with E-state index in [0.717, 1.165) is 9.71 Å². The van der Waals surface area contributed by atoms with Gasteiger partial charge in [-0.05, 0) is 48.0 Å². The van der Waals surface area contributed by atoms with Gasteiger partial charge in [0, 0.05) is 17.7 Å². The number of non-ortho nitro benzene ring substituents is 1. The second-order valence-corrected chi connectivity index (χ2v) is 8.46. The maximum atomic E-state index is 13.8. The van der Waals surface area contributed by atoms with E-state index in [1.54, 1.807) is 19.2 Å². The van der Waals surface area contributed by atoms with Crippen LogP contribution in [0.5, 0.6) is 23.0 Å². The number of ether oxygens (including phenoxy) is 4. The maximum absolute atomic E-state index is 13.8. The highest BCUT2D eigenvalue weighted by Crippen LogP contribution is 2.39. The minimum atomic E-state index is -0.511. The van der Waals surface area contributed by atoms with Crippen LogP contribution in [0.4, 0.5) is 10.8 Å². The lowest BCUT2D eigenvalue weighted by molar-refractivity contribution is -0.384. The molecule has 4 rings (SSSR count). The van der Waals surface area contributed by atoms with Crippen molar-refractivity contribution in [3.8, 4) is 23.0 Å². The third-order valence-electron chi connectivity index (χ3n) is 5.30. The molecule has 12 heteroatoms. The van der Waals surface area contributed by atoms with Crippen LogP contribution in [-0.4, -0.2) is 50.5 Å². The Balaban J connectivity index is 1.80. The van der Waals surface area contributed by atoms with E-state index in [4.69, 9.17) is 18.9 Å². The van der Waals surface area contributed by atoms with Gasteiger partial charge in [-0.1, -0.05) is 11.3 Å². The number of amides is 1. The van der Waals surface area contributed by atoms with Gasteiger partial charge in [0.1, 0.15) is 5.75 Å². The fraction of sp³-hybridized carbons (Fsp3) is 0.160. The van der Waals surface area contributed by atoms with Crippen LogP contribution in [0.25, 0.3) is 10.2 Å². The molecule has 0 saturated heterocycles. The Morgan fingerprint density at radius 2 is 1.65 bits per heavy atom.